The first-order chi connectivity index (χ1) is 7.83. The van der Waals surface area contributed by atoms with E-state index >= 15 is 0 Å². The summed E-state index contributed by atoms with van der Waals surface area (Å²) >= 11 is 1.78. The molecule has 0 aliphatic carbocycles. The second kappa shape index (κ2) is 8.77. The first-order valence-electron chi connectivity index (χ1n) is 6.57. The van der Waals surface area contributed by atoms with Crippen molar-refractivity contribution < 1.29 is 0 Å². The lowest BCUT2D eigenvalue weighted by Gasteiger charge is -2.12. The molecule has 0 spiro atoms. The highest BCUT2D eigenvalue weighted by Crippen LogP contribution is 2.09. The lowest BCUT2D eigenvalue weighted by atomic mass is 10.1. The van der Waals surface area contributed by atoms with Gasteiger partial charge in [0, 0.05) is 12.6 Å². The molecule has 1 aromatic rings. The smallest absolute Gasteiger partial charge is 0.0216 e. The average molecular weight is 239 g/mol. The molecule has 1 atom stereocenters. The van der Waals surface area contributed by atoms with E-state index in [9.17, 15) is 0 Å². The van der Waals surface area contributed by atoms with Crippen LogP contribution in [-0.4, -0.2) is 6.04 Å². The van der Waals surface area contributed by atoms with Crippen molar-refractivity contribution in [1.82, 2.24) is 5.32 Å². The Morgan fingerprint density at radius 2 is 2.06 bits per heavy atom. The molecule has 0 aromatic carbocycles. The number of rotatable bonds is 9. The molecular weight excluding hydrogens is 214 g/mol. The highest BCUT2D eigenvalue weighted by Gasteiger charge is 2.01. The van der Waals surface area contributed by atoms with Crippen LogP contribution in [0.15, 0.2) is 16.8 Å². The Hall–Kier alpha value is -0.340. The molecule has 0 fully saturated rings. The van der Waals surface area contributed by atoms with E-state index in [1.54, 1.807) is 11.3 Å². The zero-order valence-corrected chi connectivity index (χ0v) is 11.5. The van der Waals surface area contributed by atoms with Crippen molar-refractivity contribution in [1.29, 1.82) is 0 Å². The first-order valence-corrected chi connectivity index (χ1v) is 7.51. The van der Waals surface area contributed by atoms with Gasteiger partial charge in [-0.05, 0) is 35.7 Å². The van der Waals surface area contributed by atoms with Crippen molar-refractivity contribution in [3.05, 3.63) is 22.4 Å². The van der Waals surface area contributed by atoms with Gasteiger partial charge in [0.1, 0.15) is 0 Å². The van der Waals surface area contributed by atoms with E-state index in [1.165, 1.54) is 44.1 Å². The molecule has 0 amide bonds. The maximum absolute atomic E-state index is 3.58. The lowest BCUT2D eigenvalue weighted by molar-refractivity contribution is 0.480. The summed E-state index contributed by atoms with van der Waals surface area (Å²) in [4.78, 5) is 0. The lowest BCUT2D eigenvalue weighted by Crippen LogP contribution is -2.25. The van der Waals surface area contributed by atoms with Gasteiger partial charge < -0.3 is 5.32 Å². The molecule has 0 saturated heterocycles. The standard InChI is InChI=1S/C14H25NS/c1-3-4-5-6-7-8-13(2)15-11-14-9-10-16-12-14/h9-10,12-13,15H,3-8,11H2,1-2H3. The van der Waals surface area contributed by atoms with Gasteiger partial charge in [-0.15, -0.1) is 0 Å². The Kier molecular flexibility index (Phi) is 7.52. The molecule has 92 valence electrons. The third-order valence-corrected chi connectivity index (χ3v) is 3.71. The summed E-state index contributed by atoms with van der Waals surface area (Å²) in [5.41, 5.74) is 1.42. The Bertz CT molecular complexity index is 243. The fourth-order valence-electron chi connectivity index (χ4n) is 1.84. The molecule has 0 radical (unpaired) electrons. The van der Waals surface area contributed by atoms with Crippen LogP contribution in [0.25, 0.3) is 0 Å². The summed E-state index contributed by atoms with van der Waals surface area (Å²) in [5.74, 6) is 0. The topological polar surface area (TPSA) is 12.0 Å². The number of thiophene rings is 1. The monoisotopic (exact) mass is 239 g/mol. The molecule has 1 nitrogen and oxygen atoms in total. The molecule has 1 heterocycles. The molecule has 1 aromatic heterocycles. The zero-order valence-electron chi connectivity index (χ0n) is 10.7. The molecular formula is C14H25NS. The van der Waals surface area contributed by atoms with Gasteiger partial charge in [-0.2, -0.15) is 11.3 Å². The van der Waals surface area contributed by atoms with Gasteiger partial charge in [0.15, 0.2) is 0 Å². The van der Waals surface area contributed by atoms with Crippen molar-refractivity contribution in [2.75, 3.05) is 0 Å². The van der Waals surface area contributed by atoms with Crippen LogP contribution in [-0.2, 0) is 6.54 Å². The predicted octanol–water partition coefficient (Wildman–Crippen LogP) is 4.59. The van der Waals surface area contributed by atoms with Crippen molar-refractivity contribution >= 4 is 11.3 Å². The van der Waals surface area contributed by atoms with Crippen LogP contribution >= 0.6 is 11.3 Å². The Morgan fingerprint density at radius 1 is 1.25 bits per heavy atom. The number of hydrogen-bond acceptors (Lipinski definition) is 2. The third kappa shape index (κ3) is 6.29. The Balaban J connectivity index is 1.96. The highest BCUT2D eigenvalue weighted by molar-refractivity contribution is 7.07. The molecule has 0 bridgehead atoms. The molecule has 0 saturated carbocycles. The van der Waals surface area contributed by atoms with Gasteiger partial charge in [0.25, 0.3) is 0 Å². The summed E-state index contributed by atoms with van der Waals surface area (Å²) in [6, 6.07) is 2.85. The molecule has 1 unspecified atom stereocenters. The minimum Gasteiger partial charge on any atom is -0.310 e. The fourth-order valence-corrected chi connectivity index (χ4v) is 2.51. The summed E-state index contributed by atoms with van der Waals surface area (Å²) in [5, 5.41) is 7.95. The summed E-state index contributed by atoms with van der Waals surface area (Å²) in [6.45, 7) is 5.59. The zero-order chi connectivity index (χ0) is 11.6. The molecule has 1 rings (SSSR count). The number of hydrogen-bond donors (Lipinski definition) is 1. The van der Waals surface area contributed by atoms with Crippen molar-refractivity contribution in [2.45, 2.75) is 65.0 Å². The molecule has 16 heavy (non-hydrogen) atoms. The second-order valence-electron chi connectivity index (χ2n) is 4.62. The van der Waals surface area contributed by atoms with E-state index in [4.69, 9.17) is 0 Å². The third-order valence-electron chi connectivity index (χ3n) is 2.98. The maximum atomic E-state index is 3.58. The van der Waals surface area contributed by atoms with Crippen LogP contribution in [0.3, 0.4) is 0 Å². The van der Waals surface area contributed by atoms with Gasteiger partial charge in [-0.25, -0.2) is 0 Å². The van der Waals surface area contributed by atoms with Crippen LogP contribution in [0.4, 0.5) is 0 Å². The van der Waals surface area contributed by atoms with Crippen molar-refractivity contribution in [3.63, 3.8) is 0 Å². The Labute approximate surface area is 104 Å². The number of nitrogens with one attached hydrogen (secondary N) is 1. The molecule has 2 heteroatoms. The largest absolute Gasteiger partial charge is 0.310 e. The van der Waals surface area contributed by atoms with Gasteiger partial charge in [-0.3, -0.25) is 0 Å². The van der Waals surface area contributed by atoms with Crippen molar-refractivity contribution in [3.8, 4) is 0 Å². The Morgan fingerprint density at radius 3 is 2.75 bits per heavy atom. The maximum Gasteiger partial charge on any atom is 0.0216 e. The second-order valence-corrected chi connectivity index (χ2v) is 5.40. The van der Waals surface area contributed by atoms with E-state index in [-0.39, 0.29) is 0 Å². The van der Waals surface area contributed by atoms with Crippen LogP contribution < -0.4 is 5.32 Å². The molecule has 1 N–H and O–H groups in total. The van der Waals surface area contributed by atoms with E-state index in [0.29, 0.717) is 6.04 Å². The van der Waals surface area contributed by atoms with Gasteiger partial charge in [0.2, 0.25) is 0 Å². The van der Waals surface area contributed by atoms with E-state index in [0.717, 1.165) is 6.54 Å². The predicted molar refractivity (Wildman–Crippen MR) is 74.0 cm³/mol. The average Bonchev–Trinajstić information content (AvgIpc) is 2.79. The SMILES string of the molecule is CCCCCCCC(C)NCc1ccsc1. The van der Waals surface area contributed by atoms with Crippen LogP contribution in [0.5, 0.6) is 0 Å². The minimum atomic E-state index is 0.654. The highest BCUT2D eigenvalue weighted by atomic mass is 32.1. The van der Waals surface area contributed by atoms with E-state index < -0.39 is 0 Å². The van der Waals surface area contributed by atoms with Gasteiger partial charge in [-0.1, -0.05) is 39.0 Å². The molecule has 0 aliphatic heterocycles. The van der Waals surface area contributed by atoms with Crippen LogP contribution in [0, 0.1) is 0 Å². The van der Waals surface area contributed by atoms with Gasteiger partial charge in [0.05, 0.1) is 0 Å². The van der Waals surface area contributed by atoms with Crippen LogP contribution in [0.2, 0.25) is 0 Å². The quantitative estimate of drug-likeness (QED) is 0.622. The number of unbranched alkanes of at least 4 members (excludes halogenated alkanes) is 4. The van der Waals surface area contributed by atoms with Gasteiger partial charge >= 0.3 is 0 Å². The van der Waals surface area contributed by atoms with E-state index in [1.807, 2.05) is 0 Å². The normalized spacial score (nSPS) is 12.9. The van der Waals surface area contributed by atoms with E-state index in [2.05, 4.69) is 36.0 Å². The van der Waals surface area contributed by atoms with Crippen LogP contribution in [0.1, 0.15) is 57.9 Å². The van der Waals surface area contributed by atoms with Crippen molar-refractivity contribution in [2.24, 2.45) is 0 Å². The molecule has 0 aliphatic rings. The summed E-state index contributed by atoms with van der Waals surface area (Å²) < 4.78 is 0. The fraction of sp³-hybridized carbons (Fsp3) is 0.714. The minimum absolute atomic E-state index is 0.654. The first kappa shape index (κ1) is 13.7. The summed E-state index contributed by atoms with van der Waals surface area (Å²) in [6.07, 6.45) is 8.24. The summed E-state index contributed by atoms with van der Waals surface area (Å²) in [7, 11) is 0.